The Bertz CT molecular complexity index is 1210. The van der Waals surface area contributed by atoms with Gasteiger partial charge in [0.1, 0.15) is 11.6 Å². The van der Waals surface area contributed by atoms with Gasteiger partial charge >= 0.3 is 0 Å². The van der Waals surface area contributed by atoms with Crippen LogP contribution in [0.4, 0.5) is 0 Å². The molecular weight excluding hydrogens is 464 g/mol. The molecule has 1 heterocycles. The van der Waals surface area contributed by atoms with Gasteiger partial charge in [-0.15, -0.1) is 0 Å². The maximum atomic E-state index is 12.4. The molecule has 2 aromatic carbocycles. The van der Waals surface area contributed by atoms with Crippen LogP contribution in [0.2, 0.25) is 5.02 Å². The van der Waals surface area contributed by atoms with Crippen LogP contribution in [0.25, 0.3) is 11.0 Å². The molecule has 0 saturated carbocycles. The van der Waals surface area contributed by atoms with Crippen molar-refractivity contribution < 1.29 is 17.9 Å². The van der Waals surface area contributed by atoms with Gasteiger partial charge in [0.25, 0.3) is 0 Å². The average Bonchev–Trinajstić information content (AvgIpc) is 3.10. The van der Waals surface area contributed by atoms with Crippen LogP contribution in [0, 0.1) is 0 Å². The molecule has 8 nitrogen and oxygen atoms in total. The Kier molecular flexibility index (Phi) is 8.34. The smallest absolute Gasteiger partial charge is 0.242 e. The van der Waals surface area contributed by atoms with E-state index in [0.29, 0.717) is 36.5 Å². The van der Waals surface area contributed by atoms with E-state index < -0.39 is 10.0 Å². The topological polar surface area (TPSA) is 93.5 Å². The summed E-state index contributed by atoms with van der Waals surface area (Å²) in [7, 11) is 1.33. The number of hydrogen-bond acceptors (Lipinski definition) is 5. The van der Waals surface area contributed by atoms with Gasteiger partial charge in [0.05, 0.1) is 22.5 Å². The molecule has 0 saturated heterocycles. The van der Waals surface area contributed by atoms with Crippen LogP contribution >= 0.6 is 11.6 Å². The molecule has 0 aliphatic heterocycles. The average molecular weight is 493 g/mol. The fraction of sp³-hybridized carbons (Fsp3) is 0.391. The molecule has 0 aliphatic carbocycles. The van der Waals surface area contributed by atoms with Crippen LogP contribution in [0.5, 0.6) is 5.75 Å². The maximum absolute atomic E-state index is 12.4. The third-order valence-electron chi connectivity index (χ3n) is 5.27. The van der Waals surface area contributed by atoms with E-state index in [9.17, 15) is 13.2 Å². The van der Waals surface area contributed by atoms with E-state index in [1.807, 2.05) is 23.7 Å². The summed E-state index contributed by atoms with van der Waals surface area (Å²) in [5.41, 5.74) is 1.42. The van der Waals surface area contributed by atoms with Crippen LogP contribution < -0.4 is 10.1 Å². The van der Waals surface area contributed by atoms with Gasteiger partial charge in [0.2, 0.25) is 15.9 Å². The molecule has 0 aliphatic rings. The number of hydrogen-bond donors (Lipinski definition) is 1. The van der Waals surface area contributed by atoms with Crippen molar-refractivity contribution >= 4 is 38.6 Å². The van der Waals surface area contributed by atoms with Crippen LogP contribution in [0.1, 0.15) is 25.1 Å². The van der Waals surface area contributed by atoms with Crippen molar-refractivity contribution in [2.45, 2.75) is 30.6 Å². The second-order valence-electron chi connectivity index (χ2n) is 7.88. The van der Waals surface area contributed by atoms with Gasteiger partial charge in [-0.05, 0) is 55.3 Å². The highest BCUT2D eigenvalue weighted by Crippen LogP contribution is 2.22. The highest BCUT2D eigenvalue weighted by molar-refractivity contribution is 7.89. The van der Waals surface area contributed by atoms with Crippen LogP contribution in [0.15, 0.2) is 47.4 Å². The zero-order valence-corrected chi connectivity index (χ0v) is 20.6. The van der Waals surface area contributed by atoms with Gasteiger partial charge in [-0.1, -0.05) is 11.6 Å². The normalized spacial score (nSPS) is 11.8. The highest BCUT2D eigenvalue weighted by Gasteiger charge is 2.19. The summed E-state index contributed by atoms with van der Waals surface area (Å²) in [6.07, 6.45) is 2.41. The number of sulfonamides is 1. The largest absolute Gasteiger partial charge is 0.494 e. The molecule has 1 amide bonds. The standard InChI is InChI=1S/C23H29ClN4O4S/c1-27(2)33(30,31)19-10-11-21-20(16-19)26-22(28(21)3)12-13-23(29)25-14-4-5-15-32-18-8-6-17(24)7-9-18/h6-11,16H,4-5,12-15H2,1-3H3,(H,25,29). The first kappa shape index (κ1) is 25.0. The Hall–Kier alpha value is -2.62. The number of aryl methyl sites for hydroxylation is 2. The number of amides is 1. The van der Waals surface area contributed by atoms with Gasteiger partial charge in [0, 0.05) is 45.6 Å². The molecule has 178 valence electrons. The third kappa shape index (κ3) is 6.46. The second kappa shape index (κ2) is 11.0. The summed E-state index contributed by atoms with van der Waals surface area (Å²) in [4.78, 5) is 17.0. The van der Waals surface area contributed by atoms with Crippen molar-refractivity contribution in [3.8, 4) is 5.75 Å². The Morgan fingerprint density at radius 2 is 1.88 bits per heavy atom. The van der Waals surface area contributed by atoms with E-state index in [2.05, 4.69) is 10.3 Å². The molecule has 0 atom stereocenters. The second-order valence-corrected chi connectivity index (χ2v) is 10.5. The van der Waals surface area contributed by atoms with Gasteiger partial charge in [-0.25, -0.2) is 17.7 Å². The van der Waals surface area contributed by atoms with E-state index in [1.165, 1.54) is 18.4 Å². The quantitative estimate of drug-likeness (QED) is 0.414. The fourth-order valence-corrected chi connectivity index (χ4v) is 4.36. The summed E-state index contributed by atoms with van der Waals surface area (Å²) in [6.45, 7) is 1.15. The van der Waals surface area contributed by atoms with E-state index in [1.54, 1.807) is 30.3 Å². The van der Waals surface area contributed by atoms with Crippen molar-refractivity contribution in [1.82, 2.24) is 19.2 Å². The number of benzene rings is 2. The summed E-state index contributed by atoms with van der Waals surface area (Å²) in [5.74, 6) is 1.46. The Morgan fingerprint density at radius 3 is 2.58 bits per heavy atom. The summed E-state index contributed by atoms with van der Waals surface area (Å²) < 4.78 is 33.4. The lowest BCUT2D eigenvalue weighted by atomic mass is 10.2. The minimum atomic E-state index is -3.53. The van der Waals surface area contributed by atoms with Crippen LogP contribution in [0.3, 0.4) is 0 Å². The van der Waals surface area contributed by atoms with Crippen LogP contribution in [-0.2, 0) is 28.3 Å². The zero-order chi connectivity index (χ0) is 24.0. The summed E-state index contributed by atoms with van der Waals surface area (Å²) in [5, 5.41) is 3.59. The van der Waals surface area contributed by atoms with E-state index in [0.717, 1.165) is 29.9 Å². The zero-order valence-electron chi connectivity index (χ0n) is 19.0. The van der Waals surface area contributed by atoms with Crippen molar-refractivity contribution in [2.24, 2.45) is 7.05 Å². The molecule has 1 aromatic heterocycles. The number of carbonyl (C=O) groups is 1. The predicted molar refractivity (Wildman–Crippen MR) is 129 cm³/mol. The molecule has 3 aromatic rings. The predicted octanol–water partition coefficient (Wildman–Crippen LogP) is 3.39. The van der Waals surface area contributed by atoms with Crippen molar-refractivity contribution in [2.75, 3.05) is 27.2 Å². The first-order valence-electron chi connectivity index (χ1n) is 10.7. The summed E-state index contributed by atoms with van der Waals surface area (Å²) >= 11 is 5.85. The first-order chi connectivity index (χ1) is 15.7. The number of unbranched alkanes of at least 4 members (excludes halogenated alkanes) is 1. The van der Waals surface area contributed by atoms with E-state index in [4.69, 9.17) is 16.3 Å². The molecule has 10 heteroatoms. The lowest BCUT2D eigenvalue weighted by molar-refractivity contribution is -0.121. The number of fused-ring (bicyclic) bond motifs is 1. The SMILES string of the molecule is CN(C)S(=O)(=O)c1ccc2c(c1)nc(CCC(=O)NCCCCOc1ccc(Cl)cc1)n2C. The number of ether oxygens (including phenoxy) is 1. The van der Waals surface area contributed by atoms with Gasteiger partial charge < -0.3 is 14.6 Å². The number of nitrogens with one attached hydrogen (secondary N) is 1. The lowest BCUT2D eigenvalue weighted by Gasteiger charge is -2.10. The lowest BCUT2D eigenvalue weighted by Crippen LogP contribution is -2.25. The maximum Gasteiger partial charge on any atom is 0.242 e. The first-order valence-corrected chi connectivity index (χ1v) is 12.5. The third-order valence-corrected chi connectivity index (χ3v) is 7.34. The molecule has 0 fully saturated rings. The number of aromatic nitrogens is 2. The summed E-state index contributed by atoms with van der Waals surface area (Å²) in [6, 6.07) is 12.1. The highest BCUT2D eigenvalue weighted by atomic mass is 35.5. The minimum Gasteiger partial charge on any atom is -0.494 e. The molecule has 0 spiro atoms. The number of halogens is 1. The molecule has 0 bridgehead atoms. The van der Waals surface area contributed by atoms with Gasteiger partial charge in [0.15, 0.2) is 0 Å². The van der Waals surface area contributed by atoms with Gasteiger partial charge in [-0.2, -0.15) is 0 Å². The van der Waals surface area contributed by atoms with E-state index in [-0.39, 0.29) is 10.8 Å². The van der Waals surface area contributed by atoms with Gasteiger partial charge in [-0.3, -0.25) is 4.79 Å². The molecule has 33 heavy (non-hydrogen) atoms. The Balaban J connectivity index is 1.44. The molecular formula is C23H29ClN4O4S. The number of nitrogens with zero attached hydrogens (tertiary/aromatic N) is 3. The molecule has 0 radical (unpaired) electrons. The van der Waals surface area contributed by atoms with Crippen molar-refractivity contribution in [3.63, 3.8) is 0 Å². The molecule has 1 N–H and O–H groups in total. The number of imidazole rings is 1. The van der Waals surface area contributed by atoms with E-state index >= 15 is 0 Å². The molecule has 0 unspecified atom stereocenters. The number of rotatable bonds is 11. The fourth-order valence-electron chi connectivity index (χ4n) is 3.31. The monoisotopic (exact) mass is 492 g/mol. The van der Waals surface area contributed by atoms with Crippen LogP contribution in [-0.4, -0.2) is 55.4 Å². The Labute approximate surface area is 199 Å². The minimum absolute atomic E-state index is 0.0449. The van der Waals surface area contributed by atoms with Crippen molar-refractivity contribution in [3.05, 3.63) is 53.3 Å². The van der Waals surface area contributed by atoms with Crippen molar-refractivity contribution in [1.29, 1.82) is 0 Å². The molecule has 3 rings (SSSR count). The Morgan fingerprint density at radius 1 is 1.15 bits per heavy atom. The number of carbonyl (C=O) groups excluding carboxylic acids is 1.